The molecule has 0 N–H and O–H groups in total. The van der Waals surface area contributed by atoms with E-state index in [1.807, 2.05) is 17.9 Å². The van der Waals surface area contributed by atoms with Crippen molar-refractivity contribution in [2.75, 3.05) is 23.0 Å². The number of rotatable bonds is 4. The van der Waals surface area contributed by atoms with E-state index >= 15 is 0 Å². The molecule has 0 radical (unpaired) electrons. The molecule has 1 amide bonds. The summed E-state index contributed by atoms with van der Waals surface area (Å²) in [5.41, 5.74) is 1.67. The number of aliphatic imine (C=N–C) groups is 1. The fraction of sp³-hybridized carbons (Fsp3) is 0.300. The number of fused-ring (bicyclic) bond motifs is 1. The SMILES string of the molecule is Cc1ccc(Cl)cc1N1C(=NC(=O)COc2ccc(Cl)cc2)S[C@H]2CS(=O)(=O)C[C@@H]21. The third-order valence-corrected chi connectivity index (χ3v) is 8.59. The number of carbonyl (C=O) groups is 1. The molecule has 2 aliphatic rings. The van der Waals surface area contributed by atoms with E-state index in [2.05, 4.69) is 4.99 Å². The van der Waals surface area contributed by atoms with Gasteiger partial charge < -0.3 is 9.64 Å². The normalized spacial score (nSPS) is 23.6. The van der Waals surface area contributed by atoms with Crippen LogP contribution < -0.4 is 9.64 Å². The minimum atomic E-state index is -3.14. The topological polar surface area (TPSA) is 76.0 Å². The average Bonchev–Trinajstić information content (AvgIpc) is 3.14. The minimum Gasteiger partial charge on any atom is -0.484 e. The first kappa shape index (κ1) is 21.5. The van der Waals surface area contributed by atoms with E-state index in [1.165, 1.54) is 11.8 Å². The maximum absolute atomic E-state index is 12.5. The van der Waals surface area contributed by atoms with Crippen LogP contribution in [0, 0.1) is 6.92 Å². The van der Waals surface area contributed by atoms with Gasteiger partial charge in [-0.3, -0.25) is 4.79 Å². The Morgan fingerprint density at radius 1 is 1.17 bits per heavy atom. The molecule has 2 atom stereocenters. The maximum atomic E-state index is 12.5. The van der Waals surface area contributed by atoms with Gasteiger partial charge in [-0.2, -0.15) is 4.99 Å². The highest BCUT2D eigenvalue weighted by Gasteiger charge is 2.49. The number of amides is 1. The highest BCUT2D eigenvalue weighted by Crippen LogP contribution is 2.42. The molecule has 158 valence electrons. The van der Waals surface area contributed by atoms with Crippen molar-refractivity contribution in [2.24, 2.45) is 4.99 Å². The lowest BCUT2D eigenvalue weighted by Crippen LogP contribution is -2.38. The van der Waals surface area contributed by atoms with Gasteiger partial charge in [-0.25, -0.2) is 8.42 Å². The Hall–Kier alpha value is -1.74. The summed E-state index contributed by atoms with van der Waals surface area (Å²) < 4.78 is 29.8. The van der Waals surface area contributed by atoms with Gasteiger partial charge >= 0.3 is 0 Å². The van der Waals surface area contributed by atoms with Crippen molar-refractivity contribution in [3.05, 3.63) is 58.1 Å². The molecule has 10 heteroatoms. The summed E-state index contributed by atoms with van der Waals surface area (Å²) in [6.45, 7) is 1.68. The summed E-state index contributed by atoms with van der Waals surface area (Å²) in [5, 5.41) is 1.39. The van der Waals surface area contributed by atoms with Crippen molar-refractivity contribution in [1.82, 2.24) is 0 Å². The van der Waals surface area contributed by atoms with Gasteiger partial charge in [-0.15, -0.1) is 0 Å². The highest BCUT2D eigenvalue weighted by molar-refractivity contribution is 8.16. The van der Waals surface area contributed by atoms with Crippen LogP contribution in [0.1, 0.15) is 5.56 Å². The Morgan fingerprint density at radius 2 is 1.87 bits per heavy atom. The van der Waals surface area contributed by atoms with Crippen LogP contribution in [0.25, 0.3) is 0 Å². The molecule has 6 nitrogen and oxygen atoms in total. The van der Waals surface area contributed by atoms with E-state index in [9.17, 15) is 13.2 Å². The van der Waals surface area contributed by atoms with Gasteiger partial charge in [-0.05, 0) is 48.9 Å². The second-order valence-electron chi connectivity index (χ2n) is 7.13. The second-order valence-corrected chi connectivity index (χ2v) is 11.4. The van der Waals surface area contributed by atoms with Gasteiger partial charge in [0.15, 0.2) is 21.6 Å². The van der Waals surface area contributed by atoms with Gasteiger partial charge in [0.2, 0.25) is 0 Å². The van der Waals surface area contributed by atoms with E-state index in [4.69, 9.17) is 27.9 Å². The predicted octanol–water partition coefficient (Wildman–Crippen LogP) is 3.98. The largest absolute Gasteiger partial charge is 0.484 e. The van der Waals surface area contributed by atoms with E-state index in [1.54, 1.807) is 36.4 Å². The summed E-state index contributed by atoms with van der Waals surface area (Å²) in [6, 6.07) is 11.8. The lowest BCUT2D eigenvalue weighted by Gasteiger charge is -2.26. The Labute approximate surface area is 189 Å². The lowest BCUT2D eigenvalue weighted by molar-refractivity contribution is -0.119. The van der Waals surface area contributed by atoms with Crippen molar-refractivity contribution in [2.45, 2.75) is 18.2 Å². The molecule has 0 aliphatic carbocycles. The zero-order chi connectivity index (χ0) is 21.5. The number of thioether (sulfide) groups is 1. The maximum Gasteiger partial charge on any atom is 0.285 e. The molecule has 0 saturated carbocycles. The van der Waals surface area contributed by atoms with Crippen molar-refractivity contribution < 1.29 is 17.9 Å². The van der Waals surface area contributed by atoms with Crippen molar-refractivity contribution >= 4 is 61.6 Å². The van der Waals surface area contributed by atoms with Crippen LogP contribution in [-0.4, -0.2) is 48.9 Å². The molecule has 4 rings (SSSR count). The zero-order valence-corrected chi connectivity index (χ0v) is 19.1. The smallest absolute Gasteiger partial charge is 0.285 e. The Kier molecular flexibility index (Phi) is 6.03. The van der Waals surface area contributed by atoms with Crippen molar-refractivity contribution in [3.8, 4) is 5.75 Å². The second kappa shape index (κ2) is 8.42. The molecular weight excluding hydrogens is 467 g/mol. The molecule has 2 aromatic rings. The molecule has 2 heterocycles. The van der Waals surface area contributed by atoms with E-state index < -0.39 is 15.7 Å². The van der Waals surface area contributed by atoms with Crippen molar-refractivity contribution in [3.63, 3.8) is 0 Å². The van der Waals surface area contributed by atoms with Gasteiger partial charge in [0.1, 0.15) is 5.75 Å². The molecule has 0 aromatic heterocycles. The van der Waals surface area contributed by atoms with Gasteiger partial charge in [0.25, 0.3) is 5.91 Å². The third kappa shape index (κ3) is 4.61. The summed E-state index contributed by atoms with van der Waals surface area (Å²) in [6.07, 6.45) is 0. The van der Waals surface area contributed by atoms with Gasteiger partial charge in [-0.1, -0.05) is 41.0 Å². The first-order chi connectivity index (χ1) is 14.2. The van der Waals surface area contributed by atoms with E-state index in [0.717, 1.165) is 11.3 Å². The first-order valence-corrected chi connectivity index (χ1v) is 12.6. The summed E-state index contributed by atoms with van der Waals surface area (Å²) >= 11 is 13.3. The number of hydrogen-bond acceptors (Lipinski definition) is 5. The van der Waals surface area contributed by atoms with Crippen LogP contribution >= 0.6 is 35.0 Å². The lowest BCUT2D eigenvalue weighted by atomic mass is 10.1. The Morgan fingerprint density at radius 3 is 2.60 bits per heavy atom. The third-order valence-electron chi connectivity index (χ3n) is 4.89. The highest BCUT2D eigenvalue weighted by atomic mass is 35.5. The molecule has 0 spiro atoms. The minimum absolute atomic E-state index is 0.0190. The Bertz CT molecular complexity index is 1120. The Balaban J connectivity index is 1.59. The number of nitrogens with zero attached hydrogens (tertiary/aromatic N) is 2. The fourth-order valence-corrected chi connectivity index (χ4v) is 7.72. The monoisotopic (exact) mass is 484 g/mol. The fourth-order valence-electron chi connectivity index (χ4n) is 3.50. The van der Waals surface area contributed by atoms with Crippen LogP contribution in [-0.2, 0) is 14.6 Å². The number of carbonyl (C=O) groups excluding carboxylic acids is 1. The standard InChI is InChI=1S/C20H18Cl2N2O4S2/c1-12-2-3-14(22)8-16(12)24-17-10-30(26,27)11-18(17)29-20(24)23-19(25)9-28-15-6-4-13(21)5-7-15/h2-8,17-18H,9-11H2,1H3/t17-,18-/m0/s1. The number of halogens is 2. The van der Waals surface area contributed by atoms with E-state index in [0.29, 0.717) is 21.0 Å². The molecule has 30 heavy (non-hydrogen) atoms. The zero-order valence-electron chi connectivity index (χ0n) is 15.9. The number of hydrogen-bond donors (Lipinski definition) is 0. The molecule has 0 bridgehead atoms. The number of benzene rings is 2. The molecule has 0 unspecified atom stereocenters. The van der Waals surface area contributed by atoms with Crippen LogP contribution in [0.4, 0.5) is 5.69 Å². The quantitative estimate of drug-likeness (QED) is 0.652. The number of ether oxygens (including phenoxy) is 1. The number of sulfone groups is 1. The molecule has 2 aliphatic heterocycles. The molecule has 2 saturated heterocycles. The summed E-state index contributed by atoms with van der Waals surface area (Å²) in [4.78, 5) is 18.6. The summed E-state index contributed by atoms with van der Waals surface area (Å²) in [7, 11) is -3.14. The van der Waals surface area contributed by atoms with Crippen molar-refractivity contribution in [1.29, 1.82) is 0 Å². The van der Waals surface area contributed by atoms with Gasteiger partial charge in [0.05, 0.1) is 17.5 Å². The molecule has 2 fully saturated rings. The predicted molar refractivity (Wildman–Crippen MR) is 122 cm³/mol. The summed E-state index contributed by atoms with van der Waals surface area (Å²) in [5.74, 6) is 0.135. The van der Waals surface area contributed by atoms with Crippen LogP contribution in [0.2, 0.25) is 10.0 Å². The number of anilines is 1. The van der Waals surface area contributed by atoms with Crippen LogP contribution in [0.5, 0.6) is 5.75 Å². The first-order valence-electron chi connectivity index (χ1n) is 9.14. The number of aryl methyl sites for hydroxylation is 1. The van der Waals surface area contributed by atoms with Crippen LogP contribution in [0.15, 0.2) is 47.5 Å². The number of amidine groups is 1. The average molecular weight is 485 g/mol. The van der Waals surface area contributed by atoms with Crippen LogP contribution in [0.3, 0.4) is 0 Å². The van der Waals surface area contributed by atoms with Gasteiger partial charge in [0, 0.05) is 21.0 Å². The molecule has 2 aromatic carbocycles. The van der Waals surface area contributed by atoms with E-state index in [-0.39, 0.29) is 29.4 Å². The molecular formula is C20H18Cl2N2O4S2.